The van der Waals surface area contributed by atoms with E-state index in [0.29, 0.717) is 0 Å². The first-order chi connectivity index (χ1) is 3.41. The topological polar surface area (TPSA) is 29.5 Å². The Morgan fingerprint density at radius 2 is 2.43 bits per heavy atom. The van der Waals surface area contributed by atoms with Gasteiger partial charge in [-0.25, -0.2) is 0 Å². The second-order valence-electron chi connectivity index (χ2n) is 1.39. The highest BCUT2D eigenvalue weighted by Crippen LogP contribution is 1.84. The van der Waals surface area contributed by atoms with E-state index in [1.165, 1.54) is 0 Å². The normalized spacial score (nSPS) is 11.1. The third-order valence-electron chi connectivity index (χ3n) is 0.734. The fourth-order valence-corrected chi connectivity index (χ4v) is 0.644. The number of hydrogen-bond acceptors (Lipinski definition) is 2. The van der Waals surface area contributed by atoms with Crippen LogP contribution >= 0.6 is 0 Å². The Labute approximate surface area is 46.6 Å². The van der Waals surface area contributed by atoms with Crippen LogP contribution in [0.1, 0.15) is 19.8 Å². The molecular formula is C4H12O2Si. The quantitative estimate of drug-likeness (QED) is 0.411. The molecule has 2 nitrogen and oxygen atoms in total. The van der Waals surface area contributed by atoms with Gasteiger partial charge in [-0.2, -0.15) is 0 Å². The zero-order chi connectivity index (χ0) is 5.54. The Bertz CT molecular complexity index is 28.9. The Kier molecular flexibility index (Phi) is 6.26. The largest absolute Gasteiger partial charge is 0.415 e. The summed E-state index contributed by atoms with van der Waals surface area (Å²) in [6, 6.07) is 0. The molecular weight excluding hydrogens is 108 g/mol. The zero-order valence-corrected chi connectivity index (χ0v) is 6.10. The van der Waals surface area contributed by atoms with Gasteiger partial charge in [0.1, 0.15) is 0 Å². The molecule has 7 heavy (non-hydrogen) atoms. The van der Waals surface area contributed by atoms with Crippen molar-refractivity contribution in [3.8, 4) is 0 Å². The van der Waals surface area contributed by atoms with E-state index in [9.17, 15) is 0 Å². The summed E-state index contributed by atoms with van der Waals surface area (Å²) in [7, 11) is -1.11. The highest BCUT2D eigenvalue weighted by Gasteiger charge is 1.80. The number of rotatable bonds is 4. The van der Waals surface area contributed by atoms with Gasteiger partial charge in [0, 0.05) is 6.61 Å². The maximum absolute atomic E-state index is 8.21. The van der Waals surface area contributed by atoms with Crippen LogP contribution in [0.5, 0.6) is 0 Å². The fourth-order valence-electron chi connectivity index (χ4n) is 0.311. The molecule has 44 valence electrons. The minimum atomic E-state index is -1.11. The summed E-state index contributed by atoms with van der Waals surface area (Å²) in [6.07, 6.45) is 2.22. The maximum atomic E-state index is 8.21. The van der Waals surface area contributed by atoms with Crippen LogP contribution in [-0.2, 0) is 4.43 Å². The van der Waals surface area contributed by atoms with Crippen molar-refractivity contribution in [1.82, 2.24) is 0 Å². The molecule has 0 aromatic carbocycles. The standard InChI is InChI=1S/C4H12O2Si/c1-2-3-4-6-7-5/h5H,2-4,7H2,1H3. The van der Waals surface area contributed by atoms with Crippen molar-refractivity contribution in [1.29, 1.82) is 0 Å². The van der Waals surface area contributed by atoms with Gasteiger partial charge in [0.25, 0.3) is 0 Å². The maximum Gasteiger partial charge on any atom is 0.301 e. The Morgan fingerprint density at radius 1 is 1.71 bits per heavy atom. The van der Waals surface area contributed by atoms with Crippen LogP contribution in [0, 0.1) is 0 Å². The van der Waals surface area contributed by atoms with E-state index in [1.54, 1.807) is 0 Å². The van der Waals surface area contributed by atoms with Gasteiger partial charge in [-0.15, -0.1) is 0 Å². The molecule has 0 amide bonds. The van der Waals surface area contributed by atoms with E-state index in [-0.39, 0.29) is 0 Å². The van der Waals surface area contributed by atoms with Crippen LogP contribution in [0.3, 0.4) is 0 Å². The summed E-state index contributed by atoms with van der Waals surface area (Å²) in [5.74, 6) is 0. The second kappa shape index (κ2) is 6.14. The summed E-state index contributed by atoms with van der Waals surface area (Å²) < 4.78 is 4.77. The van der Waals surface area contributed by atoms with E-state index >= 15 is 0 Å². The monoisotopic (exact) mass is 120 g/mol. The van der Waals surface area contributed by atoms with Gasteiger partial charge in [0.05, 0.1) is 0 Å². The second-order valence-corrected chi connectivity index (χ2v) is 2.06. The lowest BCUT2D eigenvalue weighted by Gasteiger charge is -1.93. The highest BCUT2D eigenvalue weighted by atomic mass is 28.2. The van der Waals surface area contributed by atoms with Gasteiger partial charge in [-0.1, -0.05) is 13.3 Å². The van der Waals surface area contributed by atoms with E-state index in [1.807, 2.05) is 0 Å². The van der Waals surface area contributed by atoms with Crippen molar-refractivity contribution in [2.24, 2.45) is 0 Å². The predicted molar refractivity (Wildman–Crippen MR) is 31.6 cm³/mol. The lowest BCUT2D eigenvalue weighted by Crippen LogP contribution is -1.97. The summed E-state index contributed by atoms with van der Waals surface area (Å²) in [6.45, 7) is 2.85. The molecule has 0 fully saturated rings. The molecule has 3 heteroatoms. The molecule has 0 heterocycles. The van der Waals surface area contributed by atoms with Crippen molar-refractivity contribution < 1.29 is 9.22 Å². The van der Waals surface area contributed by atoms with Crippen molar-refractivity contribution in [2.45, 2.75) is 19.8 Å². The summed E-state index contributed by atoms with van der Waals surface area (Å²) in [4.78, 5) is 8.21. The Balaban J connectivity index is 2.45. The van der Waals surface area contributed by atoms with Crippen LogP contribution in [0.25, 0.3) is 0 Å². The molecule has 1 N–H and O–H groups in total. The molecule has 0 radical (unpaired) electrons. The minimum Gasteiger partial charge on any atom is -0.415 e. The van der Waals surface area contributed by atoms with E-state index in [0.717, 1.165) is 19.4 Å². The van der Waals surface area contributed by atoms with E-state index < -0.39 is 10.0 Å². The third-order valence-corrected chi connectivity index (χ3v) is 1.20. The minimum absolute atomic E-state index is 0.749. The summed E-state index contributed by atoms with van der Waals surface area (Å²) in [5, 5.41) is 0. The molecule has 0 saturated heterocycles. The molecule has 0 bridgehead atoms. The van der Waals surface area contributed by atoms with Gasteiger partial charge >= 0.3 is 10.0 Å². The smallest absolute Gasteiger partial charge is 0.301 e. The highest BCUT2D eigenvalue weighted by molar-refractivity contribution is 6.15. The first-order valence-electron chi connectivity index (χ1n) is 2.60. The Morgan fingerprint density at radius 3 is 2.86 bits per heavy atom. The molecule has 0 aromatic heterocycles. The van der Waals surface area contributed by atoms with Crippen molar-refractivity contribution in [3.63, 3.8) is 0 Å². The average molecular weight is 120 g/mol. The summed E-state index contributed by atoms with van der Waals surface area (Å²) >= 11 is 0. The number of unbranched alkanes of at least 4 members (excludes halogenated alkanes) is 1. The average Bonchev–Trinajstić information content (AvgIpc) is 1.69. The molecule has 0 saturated carbocycles. The summed E-state index contributed by atoms with van der Waals surface area (Å²) in [5.41, 5.74) is 0. The van der Waals surface area contributed by atoms with Crippen LogP contribution < -0.4 is 0 Å². The van der Waals surface area contributed by atoms with E-state index in [4.69, 9.17) is 9.22 Å². The van der Waals surface area contributed by atoms with Gasteiger partial charge < -0.3 is 9.22 Å². The zero-order valence-electron chi connectivity index (χ0n) is 4.68. The van der Waals surface area contributed by atoms with Crippen LogP contribution in [0.15, 0.2) is 0 Å². The fraction of sp³-hybridized carbons (Fsp3) is 1.00. The molecule has 0 aliphatic rings. The number of hydrogen-bond donors (Lipinski definition) is 1. The predicted octanol–water partition coefficient (Wildman–Crippen LogP) is -0.206. The first-order valence-corrected chi connectivity index (χ1v) is 3.81. The molecule has 0 atom stereocenters. The SMILES string of the molecule is CCCCO[SiH2]O. The molecule has 0 rings (SSSR count). The molecule has 0 aromatic rings. The van der Waals surface area contributed by atoms with Crippen LogP contribution in [0.2, 0.25) is 0 Å². The lowest BCUT2D eigenvalue weighted by molar-refractivity contribution is 0.278. The van der Waals surface area contributed by atoms with E-state index in [2.05, 4.69) is 6.92 Å². The van der Waals surface area contributed by atoms with Crippen LogP contribution in [-0.4, -0.2) is 21.4 Å². The molecule has 0 spiro atoms. The van der Waals surface area contributed by atoms with Crippen molar-refractivity contribution >= 4 is 10.0 Å². The van der Waals surface area contributed by atoms with Crippen molar-refractivity contribution in [2.75, 3.05) is 6.61 Å². The van der Waals surface area contributed by atoms with Gasteiger partial charge in [-0.3, -0.25) is 0 Å². The molecule has 0 unspecified atom stereocenters. The molecule has 0 aliphatic carbocycles. The van der Waals surface area contributed by atoms with Gasteiger partial charge in [0.15, 0.2) is 0 Å². The van der Waals surface area contributed by atoms with Crippen LogP contribution in [0.4, 0.5) is 0 Å². The first kappa shape index (κ1) is 7.14. The van der Waals surface area contributed by atoms with Crippen molar-refractivity contribution in [3.05, 3.63) is 0 Å². The van der Waals surface area contributed by atoms with Gasteiger partial charge in [-0.05, 0) is 6.42 Å². The molecule has 0 aliphatic heterocycles. The Hall–Kier alpha value is 0.137. The third kappa shape index (κ3) is 6.14. The lowest BCUT2D eigenvalue weighted by atomic mass is 10.4. The van der Waals surface area contributed by atoms with Gasteiger partial charge in [0.2, 0.25) is 0 Å².